The molecule has 3 N–H and O–H groups in total. The molecule has 150 valence electrons. The van der Waals surface area contributed by atoms with Crippen molar-refractivity contribution in [2.75, 3.05) is 18.4 Å². The lowest BCUT2D eigenvalue weighted by Gasteiger charge is -2.14. The highest BCUT2D eigenvalue weighted by atomic mass is 35.5. The Morgan fingerprint density at radius 1 is 1.00 bits per heavy atom. The molecule has 0 radical (unpaired) electrons. The molecule has 0 bridgehead atoms. The summed E-state index contributed by atoms with van der Waals surface area (Å²) in [5.74, 6) is 3.73. The number of hydrogen-bond donors (Lipinski definition) is 3. The van der Waals surface area contributed by atoms with Crippen LogP contribution in [0.3, 0.4) is 0 Å². The number of imidazole rings is 1. The van der Waals surface area contributed by atoms with Gasteiger partial charge >= 0.3 is 0 Å². The Kier molecular flexibility index (Phi) is 6.75. The molecule has 0 atom stereocenters. The fraction of sp³-hybridized carbons (Fsp3) is 0.450. The van der Waals surface area contributed by atoms with Crippen molar-refractivity contribution < 1.29 is 0 Å². The number of para-hydroxylation sites is 2. The third kappa shape index (κ3) is 4.57. The molecule has 3 aromatic rings. The van der Waals surface area contributed by atoms with Gasteiger partial charge < -0.3 is 15.6 Å². The molecule has 2 aromatic heterocycles. The largest absolute Gasteiger partial charge is 0.362 e. The first-order valence-electron chi connectivity index (χ1n) is 9.62. The minimum atomic E-state index is 0. The maximum Gasteiger partial charge on any atom is 0.133 e. The van der Waals surface area contributed by atoms with Gasteiger partial charge in [0.2, 0.25) is 0 Å². The zero-order chi connectivity index (χ0) is 17.3. The van der Waals surface area contributed by atoms with Crippen molar-refractivity contribution in [3.05, 3.63) is 47.2 Å². The van der Waals surface area contributed by atoms with Gasteiger partial charge in [-0.15, -0.1) is 24.8 Å². The maximum atomic E-state index is 4.89. The van der Waals surface area contributed by atoms with Crippen molar-refractivity contribution in [2.24, 2.45) is 5.92 Å². The van der Waals surface area contributed by atoms with E-state index in [0.717, 1.165) is 66.8 Å². The molecule has 1 saturated carbocycles. The summed E-state index contributed by atoms with van der Waals surface area (Å²) in [4.78, 5) is 17.8. The summed E-state index contributed by atoms with van der Waals surface area (Å²) < 4.78 is 0. The van der Waals surface area contributed by atoms with E-state index in [-0.39, 0.29) is 24.8 Å². The Morgan fingerprint density at radius 2 is 1.82 bits per heavy atom. The zero-order valence-electron chi connectivity index (χ0n) is 15.7. The summed E-state index contributed by atoms with van der Waals surface area (Å²) in [5.41, 5.74) is 4.56. The van der Waals surface area contributed by atoms with Crippen LogP contribution in [-0.4, -0.2) is 33.0 Å². The van der Waals surface area contributed by atoms with Crippen molar-refractivity contribution in [1.29, 1.82) is 0 Å². The van der Waals surface area contributed by atoms with Crippen LogP contribution in [0.4, 0.5) is 5.82 Å². The highest BCUT2D eigenvalue weighted by Crippen LogP contribution is 2.32. The first kappa shape index (κ1) is 20.8. The molecular formula is C20H26Cl2N6. The molecule has 2 aliphatic rings. The molecule has 6 nitrogen and oxygen atoms in total. The van der Waals surface area contributed by atoms with Crippen molar-refractivity contribution in [1.82, 2.24) is 25.3 Å². The summed E-state index contributed by atoms with van der Waals surface area (Å²) in [5, 5.41) is 7.01. The summed E-state index contributed by atoms with van der Waals surface area (Å²) >= 11 is 0. The number of halogens is 2. The second-order valence-corrected chi connectivity index (χ2v) is 7.37. The number of aromatic amines is 1. The summed E-state index contributed by atoms with van der Waals surface area (Å²) in [7, 11) is 0. The first-order chi connectivity index (χ1) is 12.8. The van der Waals surface area contributed by atoms with Crippen LogP contribution in [0, 0.1) is 5.92 Å². The van der Waals surface area contributed by atoms with Crippen LogP contribution in [0.1, 0.15) is 35.7 Å². The van der Waals surface area contributed by atoms with E-state index in [4.69, 9.17) is 9.97 Å². The van der Waals surface area contributed by atoms with Gasteiger partial charge in [-0.3, -0.25) is 0 Å². The number of nitrogens with one attached hydrogen (secondary N) is 3. The smallest absolute Gasteiger partial charge is 0.133 e. The maximum absolute atomic E-state index is 4.89. The first-order valence-corrected chi connectivity index (χ1v) is 9.62. The van der Waals surface area contributed by atoms with E-state index in [1.54, 1.807) is 0 Å². The third-order valence-corrected chi connectivity index (χ3v) is 5.26. The van der Waals surface area contributed by atoms with Crippen LogP contribution in [0.5, 0.6) is 0 Å². The zero-order valence-corrected chi connectivity index (χ0v) is 17.3. The molecule has 3 heterocycles. The Balaban J connectivity index is 0.00000112. The highest BCUT2D eigenvalue weighted by molar-refractivity contribution is 5.85. The quantitative estimate of drug-likeness (QED) is 0.588. The Hall–Kier alpha value is -1.89. The average molecular weight is 421 g/mol. The molecule has 0 amide bonds. The summed E-state index contributed by atoms with van der Waals surface area (Å²) in [6, 6.07) is 8.13. The number of benzene rings is 1. The van der Waals surface area contributed by atoms with Gasteiger partial charge in [-0.1, -0.05) is 12.1 Å². The van der Waals surface area contributed by atoms with Gasteiger partial charge in [0.05, 0.1) is 23.3 Å². The van der Waals surface area contributed by atoms with E-state index >= 15 is 0 Å². The van der Waals surface area contributed by atoms with Gasteiger partial charge in [-0.05, 0) is 43.9 Å². The number of hydrogen-bond acceptors (Lipinski definition) is 5. The van der Waals surface area contributed by atoms with Crippen LogP contribution < -0.4 is 10.6 Å². The van der Waals surface area contributed by atoms with Gasteiger partial charge in [0.1, 0.15) is 17.5 Å². The lowest BCUT2D eigenvalue weighted by atomic mass is 10.1. The predicted molar refractivity (Wildman–Crippen MR) is 117 cm³/mol. The number of nitrogens with zero attached hydrogens (tertiary/aromatic N) is 3. The highest BCUT2D eigenvalue weighted by Gasteiger charge is 2.24. The molecule has 0 spiro atoms. The minimum absolute atomic E-state index is 0. The lowest BCUT2D eigenvalue weighted by molar-refractivity contribution is 0.706. The standard InChI is InChI=1S/C20H24N6.2ClH/c1-2-4-17-16(3-1)24-19(25-17)12-22-20-14-7-9-21-10-8-15(14)23-18(26-20)11-13-5-6-13;;/h1-4,13,21H,5-12H2,(H,24,25)(H,22,23,26);2*1H. The number of H-pyrrole nitrogens is 1. The molecular weight excluding hydrogens is 395 g/mol. The van der Waals surface area contributed by atoms with E-state index in [9.17, 15) is 0 Å². The van der Waals surface area contributed by atoms with Crippen molar-refractivity contribution >= 4 is 41.7 Å². The van der Waals surface area contributed by atoms with Gasteiger partial charge in [-0.2, -0.15) is 0 Å². The van der Waals surface area contributed by atoms with E-state index in [1.165, 1.54) is 24.1 Å². The van der Waals surface area contributed by atoms with E-state index in [2.05, 4.69) is 26.7 Å². The monoisotopic (exact) mass is 420 g/mol. The van der Waals surface area contributed by atoms with Gasteiger partial charge in [0.15, 0.2) is 0 Å². The van der Waals surface area contributed by atoms with Crippen molar-refractivity contribution in [3.63, 3.8) is 0 Å². The molecule has 1 fully saturated rings. The fourth-order valence-electron chi connectivity index (χ4n) is 3.67. The molecule has 1 aliphatic carbocycles. The minimum Gasteiger partial charge on any atom is -0.362 e. The Labute approximate surface area is 177 Å². The van der Waals surface area contributed by atoms with Crippen molar-refractivity contribution in [3.8, 4) is 0 Å². The van der Waals surface area contributed by atoms with E-state index < -0.39 is 0 Å². The van der Waals surface area contributed by atoms with E-state index in [0.29, 0.717) is 6.54 Å². The number of anilines is 1. The Morgan fingerprint density at radius 3 is 2.64 bits per heavy atom. The number of aromatic nitrogens is 4. The number of rotatable bonds is 5. The molecule has 0 unspecified atom stereocenters. The molecule has 8 heteroatoms. The normalized spacial score (nSPS) is 15.9. The second-order valence-electron chi connectivity index (χ2n) is 7.37. The van der Waals surface area contributed by atoms with Crippen LogP contribution in [0.2, 0.25) is 0 Å². The predicted octanol–water partition coefficient (Wildman–Crippen LogP) is 3.45. The van der Waals surface area contributed by atoms with Crippen LogP contribution in [0.15, 0.2) is 24.3 Å². The third-order valence-electron chi connectivity index (χ3n) is 5.26. The second kappa shape index (κ2) is 9.07. The van der Waals surface area contributed by atoms with Crippen LogP contribution in [-0.2, 0) is 25.8 Å². The summed E-state index contributed by atoms with van der Waals surface area (Å²) in [6.45, 7) is 2.63. The lowest BCUT2D eigenvalue weighted by Crippen LogP contribution is -2.16. The molecule has 1 aromatic carbocycles. The molecule has 0 saturated heterocycles. The van der Waals surface area contributed by atoms with Crippen LogP contribution in [0.25, 0.3) is 11.0 Å². The Bertz CT molecular complexity index is 905. The average Bonchev–Trinajstić information content (AvgIpc) is 3.41. The fourth-order valence-corrected chi connectivity index (χ4v) is 3.67. The molecule has 5 rings (SSSR count). The van der Waals surface area contributed by atoms with Crippen molar-refractivity contribution in [2.45, 2.75) is 38.6 Å². The molecule has 28 heavy (non-hydrogen) atoms. The van der Waals surface area contributed by atoms with Gasteiger partial charge in [0.25, 0.3) is 0 Å². The van der Waals surface area contributed by atoms with Gasteiger partial charge in [-0.25, -0.2) is 15.0 Å². The van der Waals surface area contributed by atoms with E-state index in [1.807, 2.05) is 18.2 Å². The molecule has 1 aliphatic heterocycles. The SMILES string of the molecule is Cl.Cl.c1ccc2[nH]c(CNc3nc(CC4CC4)nc4c3CCNCC4)nc2c1. The summed E-state index contributed by atoms with van der Waals surface area (Å²) in [6.07, 6.45) is 5.61. The number of fused-ring (bicyclic) bond motifs is 2. The topological polar surface area (TPSA) is 78.5 Å². The van der Waals surface area contributed by atoms with Gasteiger partial charge in [0, 0.05) is 24.9 Å². The van der Waals surface area contributed by atoms with Crippen LogP contribution >= 0.6 is 24.8 Å².